The average Bonchev–Trinajstić information content (AvgIpc) is 2.88. The molecule has 0 aliphatic heterocycles. The number of ether oxygens (including phenoxy) is 1. The van der Waals surface area contributed by atoms with E-state index >= 15 is 0 Å². The quantitative estimate of drug-likeness (QED) is 0.186. The van der Waals surface area contributed by atoms with Crippen molar-refractivity contribution in [2.24, 2.45) is 5.92 Å². The van der Waals surface area contributed by atoms with Crippen LogP contribution in [0.1, 0.15) is 55.2 Å². The molecule has 0 atom stereocenters. The molecule has 1 nitrogen and oxygen atoms in total. The Labute approximate surface area is 203 Å². The van der Waals surface area contributed by atoms with Gasteiger partial charge in [-0.25, -0.2) is 13.2 Å². The van der Waals surface area contributed by atoms with E-state index in [4.69, 9.17) is 4.74 Å². The standard InChI is InChI=1S/C30H28F4O/c1-3-19-5-10-21(11-6-19)24-16-17-25(29(33)28(24)32)22-12-7-20(8-13-22)9-14-23-15-18-26(35-4-2)30(34)27(23)31/h3,7-9,12-19,21H,1,4-6,10-11H2,2H3. The topological polar surface area (TPSA) is 9.23 Å². The molecule has 0 saturated heterocycles. The van der Waals surface area contributed by atoms with Crippen LogP contribution in [0.5, 0.6) is 5.75 Å². The summed E-state index contributed by atoms with van der Waals surface area (Å²) in [5.41, 5.74) is 1.97. The van der Waals surface area contributed by atoms with E-state index in [9.17, 15) is 17.6 Å². The summed E-state index contributed by atoms with van der Waals surface area (Å²) in [4.78, 5) is 0. The van der Waals surface area contributed by atoms with Gasteiger partial charge < -0.3 is 4.74 Å². The first kappa shape index (κ1) is 24.8. The lowest BCUT2D eigenvalue weighted by molar-refractivity contribution is 0.314. The monoisotopic (exact) mass is 480 g/mol. The maximum atomic E-state index is 15.0. The molecule has 4 rings (SSSR count). The molecule has 0 N–H and O–H groups in total. The van der Waals surface area contributed by atoms with Crippen LogP contribution < -0.4 is 4.74 Å². The fourth-order valence-electron chi connectivity index (χ4n) is 4.67. The molecule has 0 heterocycles. The van der Waals surface area contributed by atoms with E-state index in [0.29, 0.717) is 22.6 Å². The van der Waals surface area contributed by atoms with Crippen molar-refractivity contribution >= 4 is 12.2 Å². The second kappa shape index (κ2) is 10.9. The molecule has 0 radical (unpaired) electrons. The van der Waals surface area contributed by atoms with E-state index in [-0.39, 0.29) is 29.4 Å². The zero-order valence-corrected chi connectivity index (χ0v) is 19.7. The van der Waals surface area contributed by atoms with Crippen molar-refractivity contribution < 1.29 is 22.3 Å². The summed E-state index contributed by atoms with van der Waals surface area (Å²) in [7, 11) is 0. The zero-order chi connectivity index (χ0) is 24.9. The molecule has 0 amide bonds. The van der Waals surface area contributed by atoms with Gasteiger partial charge >= 0.3 is 0 Å². The Balaban J connectivity index is 1.51. The van der Waals surface area contributed by atoms with E-state index in [0.717, 1.165) is 25.7 Å². The number of rotatable bonds is 7. The fourth-order valence-corrected chi connectivity index (χ4v) is 4.67. The van der Waals surface area contributed by atoms with Crippen LogP contribution in [0, 0.1) is 29.2 Å². The molecule has 0 unspecified atom stereocenters. The number of hydrogen-bond donors (Lipinski definition) is 0. The van der Waals surface area contributed by atoms with Crippen LogP contribution in [-0.4, -0.2) is 6.61 Å². The van der Waals surface area contributed by atoms with Gasteiger partial charge in [0.25, 0.3) is 0 Å². The lowest BCUT2D eigenvalue weighted by Gasteiger charge is -2.27. The minimum absolute atomic E-state index is 0.0232. The summed E-state index contributed by atoms with van der Waals surface area (Å²) in [6, 6.07) is 13.0. The van der Waals surface area contributed by atoms with Crippen molar-refractivity contribution in [2.75, 3.05) is 6.61 Å². The van der Waals surface area contributed by atoms with Crippen LogP contribution in [0.25, 0.3) is 23.3 Å². The van der Waals surface area contributed by atoms with Gasteiger partial charge in [-0.3, -0.25) is 0 Å². The summed E-state index contributed by atoms with van der Waals surface area (Å²) in [6.45, 7) is 5.77. The molecular weight excluding hydrogens is 452 g/mol. The largest absolute Gasteiger partial charge is 0.491 e. The molecular formula is C30H28F4O. The Morgan fingerprint density at radius 3 is 2.17 bits per heavy atom. The summed E-state index contributed by atoms with van der Waals surface area (Å²) < 4.78 is 63.4. The minimum atomic E-state index is -1.03. The van der Waals surface area contributed by atoms with Gasteiger partial charge in [0.05, 0.1) is 6.61 Å². The summed E-state index contributed by atoms with van der Waals surface area (Å²) in [5.74, 6) is -3.29. The Bertz CT molecular complexity index is 1220. The third kappa shape index (κ3) is 5.34. The number of hydrogen-bond acceptors (Lipinski definition) is 1. The molecule has 0 spiro atoms. The first-order valence-electron chi connectivity index (χ1n) is 11.9. The third-order valence-corrected chi connectivity index (χ3v) is 6.71. The minimum Gasteiger partial charge on any atom is -0.491 e. The predicted molar refractivity (Wildman–Crippen MR) is 133 cm³/mol. The first-order valence-corrected chi connectivity index (χ1v) is 11.9. The molecule has 1 saturated carbocycles. The Morgan fingerprint density at radius 1 is 0.800 bits per heavy atom. The van der Waals surface area contributed by atoms with Crippen LogP contribution in [-0.2, 0) is 0 Å². The maximum absolute atomic E-state index is 15.0. The third-order valence-electron chi connectivity index (χ3n) is 6.71. The molecule has 1 aliphatic rings. The van der Waals surface area contributed by atoms with Crippen LogP contribution in [0.2, 0.25) is 0 Å². The lowest BCUT2D eigenvalue weighted by Crippen LogP contribution is -2.13. The van der Waals surface area contributed by atoms with E-state index in [2.05, 4.69) is 6.58 Å². The second-order valence-corrected chi connectivity index (χ2v) is 8.85. The lowest BCUT2D eigenvalue weighted by atomic mass is 9.78. The average molecular weight is 481 g/mol. The molecule has 3 aromatic carbocycles. The van der Waals surface area contributed by atoms with Gasteiger partial charge in [-0.2, -0.15) is 4.39 Å². The predicted octanol–water partition coefficient (Wildman–Crippen LogP) is 8.94. The molecule has 1 aliphatic carbocycles. The second-order valence-electron chi connectivity index (χ2n) is 8.85. The van der Waals surface area contributed by atoms with Gasteiger partial charge in [0.2, 0.25) is 5.82 Å². The number of halogens is 4. The SMILES string of the molecule is C=CC1CCC(c2ccc(-c3ccc(C=Cc4ccc(OCC)c(F)c4F)cc3)c(F)c2F)CC1. The van der Waals surface area contributed by atoms with E-state index < -0.39 is 23.3 Å². The molecule has 0 aromatic heterocycles. The van der Waals surface area contributed by atoms with Crippen molar-refractivity contribution in [2.45, 2.75) is 38.5 Å². The summed E-state index contributed by atoms with van der Waals surface area (Å²) >= 11 is 0. The Kier molecular flexibility index (Phi) is 7.74. The van der Waals surface area contributed by atoms with Crippen molar-refractivity contribution in [3.05, 3.63) is 101 Å². The highest BCUT2D eigenvalue weighted by molar-refractivity contribution is 5.73. The van der Waals surface area contributed by atoms with E-state index in [1.54, 1.807) is 49.4 Å². The zero-order valence-electron chi connectivity index (χ0n) is 19.7. The van der Waals surface area contributed by atoms with Gasteiger partial charge in [0, 0.05) is 11.1 Å². The van der Waals surface area contributed by atoms with Gasteiger partial charge in [-0.05, 0) is 73.3 Å². The molecule has 35 heavy (non-hydrogen) atoms. The van der Waals surface area contributed by atoms with Crippen LogP contribution in [0.3, 0.4) is 0 Å². The van der Waals surface area contributed by atoms with Gasteiger partial charge in [-0.15, -0.1) is 6.58 Å². The number of allylic oxidation sites excluding steroid dienone is 1. The number of benzene rings is 3. The highest BCUT2D eigenvalue weighted by atomic mass is 19.2. The van der Waals surface area contributed by atoms with E-state index in [1.165, 1.54) is 18.2 Å². The van der Waals surface area contributed by atoms with Crippen LogP contribution in [0.4, 0.5) is 17.6 Å². The van der Waals surface area contributed by atoms with Gasteiger partial charge in [0.15, 0.2) is 23.2 Å². The molecule has 5 heteroatoms. The van der Waals surface area contributed by atoms with Gasteiger partial charge in [-0.1, -0.05) is 54.6 Å². The normalized spacial score (nSPS) is 18.1. The van der Waals surface area contributed by atoms with E-state index in [1.807, 2.05) is 6.08 Å². The molecule has 1 fully saturated rings. The molecule has 182 valence electrons. The summed E-state index contributed by atoms with van der Waals surface area (Å²) in [5, 5.41) is 0. The fraction of sp³-hybridized carbons (Fsp3) is 0.267. The summed E-state index contributed by atoms with van der Waals surface area (Å²) in [6.07, 6.45) is 8.57. The Morgan fingerprint density at radius 2 is 1.51 bits per heavy atom. The van der Waals surface area contributed by atoms with Crippen molar-refractivity contribution in [1.29, 1.82) is 0 Å². The van der Waals surface area contributed by atoms with Crippen LogP contribution in [0.15, 0.2) is 61.2 Å². The van der Waals surface area contributed by atoms with Crippen molar-refractivity contribution in [3.63, 3.8) is 0 Å². The highest BCUT2D eigenvalue weighted by Crippen LogP contribution is 2.39. The van der Waals surface area contributed by atoms with Gasteiger partial charge in [0.1, 0.15) is 0 Å². The van der Waals surface area contributed by atoms with Crippen molar-refractivity contribution in [1.82, 2.24) is 0 Å². The molecule has 0 bridgehead atoms. The maximum Gasteiger partial charge on any atom is 0.201 e. The highest BCUT2D eigenvalue weighted by Gasteiger charge is 2.25. The Hall–Kier alpha value is -3.34. The van der Waals surface area contributed by atoms with Crippen LogP contribution >= 0.6 is 0 Å². The van der Waals surface area contributed by atoms with Crippen molar-refractivity contribution in [3.8, 4) is 16.9 Å². The molecule has 3 aromatic rings. The smallest absolute Gasteiger partial charge is 0.201 e. The first-order chi connectivity index (χ1) is 16.9.